The number of methoxy groups -OCH3 is 1. The highest BCUT2D eigenvalue weighted by Gasteiger charge is 2.61. The number of carbonyl (C=O) groups is 4. The summed E-state index contributed by atoms with van der Waals surface area (Å²) in [4.78, 5) is 59.8. The first-order valence-electron chi connectivity index (χ1n) is 18.4. The number of hydrogen-bond acceptors (Lipinski definition) is 9. The van der Waals surface area contributed by atoms with E-state index >= 15 is 0 Å². The quantitative estimate of drug-likeness (QED) is 0.239. The number of nitrogens with one attached hydrogen (secondary N) is 3. The average molecular weight is 766 g/mol. The number of benzene rings is 3. The van der Waals surface area contributed by atoms with Gasteiger partial charge >= 0.3 is 0 Å². The number of carbonyl (C=O) groups excluding carboxylic acids is 4. The molecule has 14 heteroatoms. The van der Waals surface area contributed by atoms with E-state index in [-0.39, 0.29) is 35.8 Å². The molecule has 7 rings (SSSR count). The second kappa shape index (κ2) is 15.5. The van der Waals surface area contributed by atoms with Gasteiger partial charge in [0.2, 0.25) is 11.8 Å². The third-order valence-corrected chi connectivity index (χ3v) is 11.7. The summed E-state index contributed by atoms with van der Waals surface area (Å²) in [6.45, 7) is 1.92. The van der Waals surface area contributed by atoms with Crippen LogP contribution in [0.3, 0.4) is 0 Å². The molecule has 3 heterocycles. The summed E-state index contributed by atoms with van der Waals surface area (Å²) in [7, 11) is -2.85. The van der Waals surface area contributed by atoms with Gasteiger partial charge in [0.1, 0.15) is 29.2 Å². The van der Waals surface area contributed by atoms with Crippen molar-refractivity contribution < 1.29 is 37.1 Å². The molecule has 0 spiro atoms. The Kier molecular flexibility index (Phi) is 10.6. The summed E-state index contributed by atoms with van der Waals surface area (Å²) in [5.74, 6) is -1.60. The molecule has 4 amide bonds. The predicted molar refractivity (Wildman–Crippen MR) is 205 cm³/mol. The van der Waals surface area contributed by atoms with Gasteiger partial charge in [-0.05, 0) is 56.0 Å². The highest BCUT2D eigenvalue weighted by Crippen LogP contribution is 2.46. The van der Waals surface area contributed by atoms with Crippen molar-refractivity contribution in [1.29, 1.82) is 0 Å². The summed E-state index contributed by atoms with van der Waals surface area (Å²) in [6, 6.07) is 21.4. The predicted octanol–water partition coefficient (Wildman–Crippen LogP) is 4.52. The zero-order valence-electron chi connectivity index (χ0n) is 30.6. The Hall–Kier alpha value is -5.76. The zero-order valence-corrected chi connectivity index (χ0v) is 31.4. The molecule has 4 aromatic rings. The Balaban J connectivity index is 1.14. The molecule has 55 heavy (non-hydrogen) atoms. The molecular weight excluding hydrogens is 723 g/mol. The molecule has 1 aliphatic carbocycles. The Labute approximate surface area is 319 Å². The van der Waals surface area contributed by atoms with E-state index < -0.39 is 51.3 Å². The monoisotopic (exact) mass is 765 g/mol. The van der Waals surface area contributed by atoms with E-state index in [0.29, 0.717) is 35.7 Å². The van der Waals surface area contributed by atoms with E-state index in [1.54, 1.807) is 13.2 Å². The van der Waals surface area contributed by atoms with E-state index in [9.17, 15) is 27.6 Å². The minimum Gasteiger partial charge on any atom is -0.497 e. The van der Waals surface area contributed by atoms with Crippen molar-refractivity contribution >= 4 is 44.6 Å². The van der Waals surface area contributed by atoms with E-state index in [4.69, 9.17) is 14.5 Å². The number of pyridine rings is 1. The van der Waals surface area contributed by atoms with Crippen LogP contribution < -0.4 is 24.8 Å². The maximum absolute atomic E-state index is 14.2. The molecule has 2 fully saturated rings. The molecule has 2 bridgehead atoms. The lowest BCUT2D eigenvalue weighted by Gasteiger charge is -2.25. The second-order valence-electron chi connectivity index (χ2n) is 14.2. The molecule has 1 saturated carbocycles. The van der Waals surface area contributed by atoms with Crippen LogP contribution in [0.15, 0.2) is 95.9 Å². The number of ether oxygens (including phenoxy) is 2. The van der Waals surface area contributed by atoms with Crippen molar-refractivity contribution in [3.05, 3.63) is 96.6 Å². The fraction of sp³-hybridized carbons (Fsp3) is 0.341. The van der Waals surface area contributed by atoms with Crippen LogP contribution in [0.1, 0.15) is 55.8 Å². The second-order valence-corrected chi connectivity index (χ2v) is 15.9. The first-order chi connectivity index (χ1) is 26.5. The van der Waals surface area contributed by atoms with Gasteiger partial charge in [0.05, 0.1) is 29.8 Å². The molecule has 0 unspecified atom stereocenters. The fourth-order valence-electron chi connectivity index (χ4n) is 7.31. The Bertz CT molecular complexity index is 2280. The first-order valence-corrected chi connectivity index (χ1v) is 19.9. The van der Waals surface area contributed by atoms with Gasteiger partial charge < -0.3 is 25.0 Å². The van der Waals surface area contributed by atoms with Crippen LogP contribution in [0, 0.1) is 5.92 Å². The summed E-state index contributed by atoms with van der Waals surface area (Å²) in [5, 5.41) is 6.39. The van der Waals surface area contributed by atoms with Crippen molar-refractivity contribution in [2.24, 2.45) is 5.92 Å². The van der Waals surface area contributed by atoms with Crippen LogP contribution >= 0.6 is 0 Å². The maximum atomic E-state index is 14.2. The molecule has 4 atom stereocenters. The smallest absolute Gasteiger partial charge is 0.264 e. The van der Waals surface area contributed by atoms with E-state index in [0.717, 1.165) is 30.2 Å². The Morgan fingerprint density at radius 1 is 0.964 bits per heavy atom. The summed E-state index contributed by atoms with van der Waals surface area (Å²) >= 11 is 0. The number of likely N-dealkylation sites (tertiary alicyclic amines) is 1. The van der Waals surface area contributed by atoms with Crippen LogP contribution in [-0.2, 0) is 24.4 Å². The van der Waals surface area contributed by atoms with E-state index in [2.05, 4.69) is 15.4 Å². The third kappa shape index (κ3) is 8.04. The minimum absolute atomic E-state index is 0.106. The molecule has 13 nitrogen and oxygen atoms in total. The van der Waals surface area contributed by atoms with Crippen molar-refractivity contribution in [2.75, 3.05) is 20.2 Å². The molecular formula is C41H43N5O8S. The Morgan fingerprint density at radius 3 is 2.55 bits per heavy atom. The molecule has 3 N–H and O–H groups in total. The summed E-state index contributed by atoms with van der Waals surface area (Å²) in [6.07, 6.45) is 6.62. The molecule has 3 aromatic carbocycles. The molecule has 286 valence electrons. The van der Waals surface area contributed by atoms with Crippen LogP contribution in [0.25, 0.3) is 22.2 Å². The van der Waals surface area contributed by atoms with Gasteiger partial charge in [0.15, 0.2) is 0 Å². The van der Waals surface area contributed by atoms with Crippen LogP contribution in [0.4, 0.5) is 0 Å². The minimum atomic E-state index is -4.43. The van der Waals surface area contributed by atoms with Crippen molar-refractivity contribution in [1.82, 2.24) is 25.2 Å². The third-order valence-electron chi connectivity index (χ3n) is 10.4. The molecule has 1 aromatic heterocycles. The van der Waals surface area contributed by atoms with Crippen LogP contribution in [-0.4, -0.2) is 79.8 Å². The number of nitrogens with zero attached hydrogens (tertiary/aromatic N) is 2. The summed E-state index contributed by atoms with van der Waals surface area (Å²) < 4.78 is 41.2. The first kappa shape index (κ1) is 37.6. The van der Waals surface area contributed by atoms with Crippen LogP contribution in [0.2, 0.25) is 0 Å². The molecule has 0 radical (unpaired) electrons. The van der Waals surface area contributed by atoms with Gasteiger partial charge in [-0.2, -0.15) is 0 Å². The summed E-state index contributed by atoms with van der Waals surface area (Å²) in [5.41, 5.74) is 0.763. The number of allylic oxidation sites excluding steroid dienone is 1. The van der Waals surface area contributed by atoms with Gasteiger partial charge in [0, 0.05) is 54.5 Å². The normalized spacial score (nSPS) is 24.4. The molecule has 3 aliphatic rings. The van der Waals surface area contributed by atoms with Gasteiger partial charge in [-0.3, -0.25) is 19.2 Å². The lowest BCUT2D eigenvalue weighted by molar-refractivity contribution is -0.138. The topological polar surface area (TPSA) is 173 Å². The number of sulfonamides is 1. The maximum Gasteiger partial charge on any atom is 0.264 e. The average Bonchev–Trinajstić information content (AvgIpc) is 3.71. The fourth-order valence-corrected chi connectivity index (χ4v) is 8.39. The Morgan fingerprint density at radius 2 is 1.76 bits per heavy atom. The van der Waals surface area contributed by atoms with Gasteiger partial charge in [-0.15, -0.1) is 0 Å². The SMILES string of the molecule is COc1ccc2c(O[C@@H]3C[C@@H](C(=O)N[C@]45C[C@@H]4/C=C/CCCCCNC(=O)c4cccc(c4)S(=O)(=O)NC5=O)N(C(C)=O)C3)cc(-c3ccccc3)nc2c1. The van der Waals surface area contributed by atoms with E-state index in [1.807, 2.05) is 60.7 Å². The number of hydrogen-bond donors (Lipinski definition) is 3. The largest absolute Gasteiger partial charge is 0.497 e. The highest BCUT2D eigenvalue weighted by molar-refractivity contribution is 7.90. The van der Waals surface area contributed by atoms with Crippen molar-refractivity contribution in [2.45, 2.75) is 68.0 Å². The number of fused-ring (bicyclic) bond motifs is 4. The number of amides is 4. The van der Waals surface area contributed by atoms with Crippen LogP contribution in [0.5, 0.6) is 11.5 Å². The van der Waals surface area contributed by atoms with Crippen molar-refractivity contribution in [3.8, 4) is 22.8 Å². The van der Waals surface area contributed by atoms with E-state index in [1.165, 1.54) is 36.1 Å². The molecule has 1 saturated heterocycles. The van der Waals surface area contributed by atoms with Gasteiger partial charge in [-0.1, -0.05) is 55.0 Å². The zero-order chi connectivity index (χ0) is 38.7. The lowest BCUT2D eigenvalue weighted by Crippen LogP contribution is -2.56. The standard InChI is InChI=1S/C41H43N5O8S/c1-26(47)46-25-31(54-37-23-34(27-12-7-6-8-13-27)43-35-21-30(53-2)17-18-33(35)37)22-36(46)39(49)44-41-24-29(41)15-9-4-3-5-10-19-42-38(48)28-14-11-16-32(20-28)55(51,52)45-40(41)50/h6-9,11-18,20-21,23,29,31,36H,3-5,10,19,22,24-25H2,1-2H3,(H,42,48)(H,44,49)(H,45,50)/b15-9+/t29-,31+,36-,41+/m0/s1. The number of rotatable bonds is 6. The highest BCUT2D eigenvalue weighted by atomic mass is 32.2. The van der Waals surface area contributed by atoms with Crippen molar-refractivity contribution in [3.63, 3.8) is 0 Å². The van der Waals surface area contributed by atoms with Gasteiger partial charge in [0.25, 0.3) is 21.8 Å². The lowest BCUT2D eigenvalue weighted by atomic mass is 10.1. The van der Waals surface area contributed by atoms with Gasteiger partial charge in [-0.25, -0.2) is 18.1 Å². The number of aromatic nitrogens is 1. The molecule has 2 aliphatic heterocycles.